The Hall–Kier alpha value is -0.370. The Bertz CT molecular complexity index is 116. The number of Topliss-reactive ketones (excluding diaryl/α,β-unsaturated/α-hetero) is 1. The minimum Gasteiger partial charge on any atom is -0.319 e. The summed E-state index contributed by atoms with van der Waals surface area (Å²) < 4.78 is 0. The minimum atomic E-state index is -0.639. The molecular formula is C7H15NO. The lowest BCUT2D eigenvalue weighted by atomic mass is 9.86. The van der Waals surface area contributed by atoms with Gasteiger partial charge in [0, 0.05) is 0 Å². The lowest BCUT2D eigenvalue weighted by molar-refractivity contribution is -0.122. The molecule has 0 aromatic heterocycles. The Morgan fingerprint density at radius 2 is 1.89 bits per heavy atom. The van der Waals surface area contributed by atoms with Crippen molar-refractivity contribution in [3.8, 4) is 0 Å². The van der Waals surface area contributed by atoms with E-state index < -0.39 is 5.54 Å². The molecule has 0 radical (unpaired) electrons. The highest BCUT2D eigenvalue weighted by Gasteiger charge is 2.27. The van der Waals surface area contributed by atoms with Crippen LogP contribution in [0, 0.1) is 5.92 Å². The zero-order chi connectivity index (χ0) is 7.65. The quantitative estimate of drug-likeness (QED) is 0.603. The lowest BCUT2D eigenvalue weighted by Crippen LogP contribution is -2.48. The third kappa shape index (κ3) is 1.79. The maximum Gasteiger partial charge on any atom is 0.149 e. The van der Waals surface area contributed by atoms with Gasteiger partial charge in [-0.05, 0) is 19.8 Å². The van der Waals surface area contributed by atoms with Crippen LogP contribution in [-0.4, -0.2) is 11.3 Å². The molecule has 2 heteroatoms. The summed E-state index contributed by atoms with van der Waals surface area (Å²) in [6.07, 6.45) is 0. The number of hydrogen-bond donors (Lipinski definition) is 1. The maximum atomic E-state index is 10.8. The number of carbonyl (C=O) groups excluding carboxylic acids is 1. The van der Waals surface area contributed by atoms with Gasteiger partial charge in [-0.2, -0.15) is 0 Å². The summed E-state index contributed by atoms with van der Waals surface area (Å²) in [5, 5.41) is 0. The van der Waals surface area contributed by atoms with Crippen LogP contribution < -0.4 is 5.73 Å². The molecule has 0 aliphatic rings. The number of nitrogens with two attached hydrogens (primary N) is 1. The van der Waals surface area contributed by atoms with E-state index >= 15 is 0 Å². The predicted octanol–water partition coefficient (Wildman–Crippen LogP) is 0.949. The first-order chi connectivity index (χ1) is 3.89. The highest BCUT2D eigenvalue weighted by molar-refractivity contribution is 5.85. The van der Waals surface area contributed by atoms with Crippen molar-refractivity contribution < 1.29 is 4.79 Å². The van der Waals surface area contributed by atoms with Gasteiger partial charge < -0.3 is 5.73 Å². The van der Waals surface area contributed by atoms with E-state index in [1.165, 1.54) is 6.92 Å². The molecule has 0 amide bonds. The van der Waals surface area contributed by atoms with E-state index in [4.69, 9.17) is 5.73 Å². The molecule has 0 heterocycles. The summed E-state index contributed by atoms with van der Waals surface area (Å²) in [7, 11) is 0. The largest absolute Gasteiger partial charge is 0.319 e. The van der Waals surface area contributed by atoms with Gasteiger partial charge in [0.1, 0.15) is 5.78 Å². The van der Waals surface area contributed by atoms with Crippen LogP contribution >= 0.6 is 0 Å². The SMILES string of the molecule is CC(=O)C(C)(N)C(C)C. The molecule has 0 aromatic carbocycles. The number of carbonyl (C=O) groups is 1. The maximum absolute atomic E-state index is 10.8. The lowest BCUT2D eigenvalue weighted by Gasteiger charge is -2.25. The van der Waals surface area contributed by atoms with Crippen LogP contribution in [-0.2, 0) is 4.79 Å². The van der Waals surface area contributed by atoms with Crippen molar-refractivity contribution in [3.63, 3.8) is 0 Å². The van der Waals surface area contributed by atoms with E-state index in [0.29, 0.717) is 0 Å². The first-order valence-corrected chi connectivity index (χ1v) is 3.19. The van der Waals surface area contributed by atoms with Gasteiger partial charge in [-0.3, -0.25) is 4.79 Å². The van der Waals surface area contributed by atoms with Crippen molar-refractivity contribution in [3.05, 3.63) is 0 Å². The Morgan fingerprint density at radius 1 is 1.56 bits per heavy atom. The minimum absolute atomic E-state index is 0.0532. The van der Waals surface area contributed by atoms with Crippen LogP contribution in [0.3, 0.4) is 0 Å². The van der Waals surface area contributed by atoms with Crippen molar-refractivity contribution in [2.75, 3.05) is 0 Å². The van der Waals surface area contributed by atoms with Gasteiger partial charge in [0.25, 0.3) is 0 Å². The van der Waals surface area contributed by atoms with Crippen molar-refractivity contribution in [2.24, 2.45) is 11.7 Å². The third-order valence-corrected chi connectivity index (χ3v) is 1.96. The zero-order valence-corrected chi connectivity index (χ0v) is 6.56. The second kappa shape index (κ2) is 2.48. The molecule has 0 aliphatic heterocycles. The van der Waals surface area contributed by atoms with Gasteiger partial charge in [0.05, 0.1) is 5.54 Å². The van der Waals surface area contributed by atoms with Crippen molar-refractivity contribution in [2.45, 2.75) is 33.2 Å². The molecule has 1 atom stereocenters. The predicted molar refractivity (Wildman–Crippen MR) is 38.1 cm³/mol. The molecule has 1 unspecified atom stereocenters. The molecule has 0 fully saturated rings. The molecule has 0 saturated carbocycles. The second-order valence-electron chi connectivity index (χ2n) is 2.99. The van der Waals surface area contributed by atoms with Gasteiger partial charge in [0.2, 0.25) is 0 Å². The smallest absolute Gasteiger partial charge is 0.149 e. The first-order valence-electron chi connectivity index (χ1n) is 3.19. The van der Waals surface area contributed by atoms with Gasteiger partial charge in [-0.1, -0.05) is 13.8 Å². The number of rotatable bonds is 2. The van der Waals surface area contributed by atoms with E-state index in [0.717, 1.165) is 0 Å². The van der Waals surface area contributed by atoms with E-state index in [2.05, 4.69) is 0 Å². The van der Waals surface area contributed by atoms with Crippen LogP contribution in [0.4, 0.5) is 0 Å². The number of ketones is 1. The molecule has 9 heavy (non-hydrogen) atoms. The summed E-state index contributed by atoms with van der Waals surface area (Å²) in [5.74, 6) is 0.271. The van der Waals surface area contributed by atoms with Crippen LogP contribution in [0.1, 0.15) is 27.7 Å². The fraction of sp³-hybridized carbons (Fsp3) is 0.857. The normalized spacial score (nSPS) is 17.6. The van der Waals surface area contributed by atoms with Gasteiger partial charge in [-0.25, -0.2) is 0 Å². The average molecular weight is 129 g/mol. The monoisotopic (exact) mass is 129 g/mol. The topological polar surface area (TPSA) is 43.1 Å². The number of hydrogen-bond acceptors (Lipinski definition) is 2. The van der Waals surface area contributed by atoms with Crippen molar-refractivity contribution in [1.29, 1.82) is 0 Å². The molecule has 0 bridgehead atoms. The first kappa shape index (κ1) is 8.63. The Balaban J connectivity index is 4.19. The van der Waals surface area contributed by atoms with Crippen molar-refractivity contribution in [1.82, 2.24) is 0 Å². The molecular weight excluding hydrogens is 114 g/mol. The Morgan fingerprint density at radius 3 is 1.89 bits per heavy atom. The van der Waals surface area contributed by atoms with E-state index in [1.54, 1.807) is 6.92 Å². The molecule has 0 rings (SSSR count). The molecule has 54 valence electrons. The fourth-order valence-electron chi connectivity index (χ4n) is 0.407. The molecule has 0 saturated heterocycles. The molecule has 2 N–H and O–H groups in total. The van der Waals surface area contributed by atoms with Crippen LogP contribution in [0.25, 0.3) is 0 Å². The summed E-state index contributed by atoms with van der Waals surface area (Å²) in [4.78, 5) is 10.8. The Labute approximate surface area is 56.4 Å². The van der Waals surface area contributed by atoms with E-state index in [9.17, 15) is 4.79 Å². The summed E-state index contributed by atoms with van der Waals surface area (Å²) in [5.41, 5.74) is 5.01. The molecule has 2 nitrogen and oxygen atoms in total. The summed E-state index contributed by atoms with van der Waals surface area (Å²) >= 11 is 0. The fourth-order valence-corrected chi connectivity index (χ4v) is 0.407. The van der Waals surface area contributed by atoms with Crippen LogP contribution in [0.5, 0.6) is 0 Å². The van der Waals surface area contributed by atoms with Crippen LogP contribution in [0.2, 0.25) is 0 Å². The second-order valence-corrected chi connectivity index (χ2v) is 2.99. The average Bonchev–Trinajstić information content (AvgIpc) is 1.65. The van der Waals surface area contributed by atoms with Gasteiger partial charge in [0.15, 0.2) is 0 Å². The molecule has 0 aromatic rings. The van der Waals surface area contributed by atoms with Crippen molar-refractivity contribution >= 4 is 5.78 Å². The molecule has 0 spiro atoms. The zero-order valence-electron chi connectivity index (χ0n) is 6.56. The van der Waals surface area contributed by atoms with Gasteiger partial charge >= 0.3 is 0 Å². The highest BCUT2D eigenvalue weighted by atomic mass is 16.1. The van der Waals surface area contributed by atoms with E-state index in [1.807, 2.05) is 13.8 Å². The summed E-state index contributed by atoms with van der Waals surface area (Å²) in [6.45, 7) is 7.18. The molecule has 0 aliphatic carbocycles. The third-order valence-electron chi connectivity index (χ3n) is 1.96. The standard InChI is InChI=1S/C7H15NO/c1-5(2)7(4,8)6(3)9/h5H,8H2,1-4H3. The summed E-state index contributed by atoms with van der Waals surface area (Å²) in [6, 6.07) is 0. The van der Waals surface area contributed by atoms with E-state index in [-0.39, 0.29) is 11.7 Å². The Kier molecular flexibility index (Phi) is 2.38. The van der Waals surface area contributed by atoms with Crippen LogP contribution in [0.15, 0.2) is 0 Å². The highest BCUT2D eigenvalue weighted by Crippen LogP contribution is 2.12. The van der Waals surface area contributed by atoms with Gasteiger partial charge in [-0.15, -0.1) is 0 Å².